The molecular weight excluding hydrogens is 180 g/mol. The summed E-state index contributed by atoms with van der Waals surface area (Å²) in [7, 11) is 1.39. The van der Waals surface area contributed by atoms with Gasteiger partial charge in [0.05, 0.1) is 13.0 Å². The van der Waals surface area contributed by atoms with Crippen molar-refractivity contribution in [1.82, 2.24) is 0 Å². The zero-order chi connectivity index (χ0) is 10.1. The minimum absolute atomic E-state index is 0.193. The van der Waals surface area contributed by atoms with Crippen LogP contribution in [0.3, 0.4) is 0 Å². The highest BCUT2D eigenvalue weighted by molar-refractivity contribution is 5.79. The van der Waals surface area contributed by atoms with Gasteiger partial charge < -0.3 is 9.84 Å². The van der Waals surface area contributed by atoms with E-state index in [1.54, 1.807) is 12.1 Å². The van der Waals surface area contributed by atoms with Gasteiger partial charge in [-0.1, -0.05) is 6.07 Å². The average Bonchev–Trinajstić information content (AvgIpc) is 2.59. The van der Waals surface area contributed by atoms with Crippen LogP contribution in [0.1, 0.15) is 23.5 Å². The summed E-state index contributed by atoms with van der Waals surface area (Å²) in [6.45, 7) is 0. The van der Waals surface area contributed by atoms with Crippen LogP contribution in [0.15, 0.2) is 18.2 Å². The molecule has 1 aliphatic rings. The highest BCUT2D eigenvalue weighted by Crippen LogP contribution is 2.35. The van der Waals surface area contributed by atoms with Gasteiger partial charge in [-0.3, -0.25) is 4.79 Å². The van der Waals surface area contributed by atoms with Crippen molar-refractivity contribution in [1.29, 1.82) is 0 Å². The van der Waals surface area contributed by atoms with Gasteiger partial charge in [-0.2, -0.15) is 0 Å². The number of carbonyl (C=O) groups is 1. The summed E-state index contributed by atoms with van der Waals surface area (Å²) in [4.78, 5) is 11.4. The molecule has 1 aromatic carbocycles. The Bertz CT molecular complexity index is 371. The number of ether oxygens (including phenoxy) is 1. The lowest BCUT2D eigenvalue weighted by Crippen LogP contribution is -2.11. The fourth-order valence-electron chi connectivity index (χ4n) is 1.98. The summed E-state index contributed by atoms with van der Waals surface area (Å²) in [5.41, 5.74) is 2.05. The molecule has 0 amide bonds. The number of benzene rings is 1. The van der Waals surface area contributed by atoms with Crippen LogP contribution in [0, 0.1) is 0 Å². The Morgan fingerprint density at radius 2 is 2.36 bits per heavy atom. The largest absolute Gasteiger partial charge is 0.508 e. The van der Waals surface area contributed by atoms with E-state index in [0.717, 1.165) is 24.0 Å². The molecule has 0 heterocycles. The fraction of sp³-hybridized carbons (Fsp3) is 0.364. The van der Waals surface area contributed by atoms with E-state index < -0.39 is 0 Å². The second-order valence-corrected chi connectivity index (χ2v) is 3.50. The normalized spacial score (nSPS) is 19.1. The molecule has 0 unspecified atom stereocenters. The van der Waals surface area contributed by atoms with Gasteiger partial charge in [0.15, 0.2) is 0 Å². The number of rotatable bonds is 1. The number of phenolic OH excluding ortho intramolecular Hbond substituents is 1. The van der Waals surface area contributed by atoms with Crippen molar-refractivity contribution in [3.63, 3.8) is 0 Å². The molecule has 1 N–H and O–H groups in total. The molecule has 2 rings (SSSR count). The lowest BCUT2D eigenvalue weighted by atomic mass is 10.0. The van der Waals surface area contributed by atoms with Gasteiger partial charge in [0.1, 0.15) is 5.75 Å². The Hall–Kier alpha value is -1.51. The zero-order valence-corrected chi connectivity index (χ0v) is 7.99. The fourth-order valence-corrected chi connectivity index (χ4v) is 1.98. The van der Waals surface area contributed by atoms with Gasteiger partial charge in [-0.15, -0.1) is 0 Å². The van der Waals surface area contributed by atoms with Crippen LogP contribution >= 0.6 is 0 Å². The number of aryl methyl sites for hydroxylation is 1. The minimum Gasteiger partial charge on any atom is -0.508 e. The maximum atomic E-state index is 11.4. The number of hydrogen-bond donors (Lipinski definition) is 1. The van der Waals surface area contributed by atoms with Crippen molar-refractivity contribution in [2.75, 3.05) is 7.11 Å². The van der Waals surface area contributed by atoms with E-state index in [2.05, 4.69) is 0 Å². The second-order valence-electron chi connectivity index (χ2n) is 3.50. The van der Waals surface area contributed by atoms with Crippen LogP contribution in [0.25, 0.3) is 0 Å². The molecule has 0 saturated heterocycles. The van der Waals surface area contributed by atoms with E-state index in [1.807, 2.05) is 6.07 Å². The molecule has 0 radical (unpaired) electrons. The maximum absolute atomic E-state index is 11.4. The first-order valence-electron chi connectivity index (χ1n) is 4.62. The highest BCUT2D eigenvalue weighted by atomic mass is 16.5. The van der Waals surface area contributed by atoms with Gasteiger partial charge in [-0.25, -0.2) is 0 Å². The third kappa shape index (κ3) is 1.35. The van der Waals surface area contributed by atoms with Gasteiger partial charge in [0.25, 0.3) is 0 Å². The summed E-state index contributed by atoms with van der Waals surface area (Å²) >= 11 is 0. The Kier molecular flexibility index (Phi) is 2.15. The summed E-state index contributed by atoms with van der Waals surface area (Å²) < 4.78 is 4.71. The smallest absolute Gasteiger partial charge is 0.313 e. The third-order valence-corrected chi connectivity index (χ3v) is 2.69. The number of esters is 1. The van der Waals surface area contributed by atoms with Crippen LogP contribution < -0.4 is 0 Å². The lowest BCUT2D eigenvalue weighted by Gasteiger charge is -2.08. The Morgan fingerprint density at radius 3 is 3.07 bits per heavy atom. The van der Waals surface area contributed by atoms with E-state index in [4.69, 9.17) is 4.74 Å². The monoisotopic (exact) mass is 192 g/mol. The second kappa shape index (κ2) is 3.33. The number of carbonyl (C=O) groups excluding carboxylic acids is 1. The predicted molar refractivity (Wildman–Crippen MR) is 51.2 cm³/mol. The quantitative estimate of drug-likeness (QED) is 0.687. The van der Waals surface area contributed by atoms with E-state index in [0.29, 0.717) is 0 Å². The first-order chi connectivity index (χ1) is 6.72. The first kappa shape index (κ1) is 9.06. The predicted octanol–water partition coefficient (Wildman–Crippen LogP) is 1.59. The Labute approximate surface area is 82.3 Å². The molecule has 0 bridgehead atoms. The molecule has 1 aromatic rings. The first-order valence-corrected chi connectivity index (χ1v) is 4.62. The van der Waals surface area contributed by atoms with Crippen LogP contribution in [-0.4, -0.2) is 18.2 Å². The molecule has 1 aliphatic carbocycles. The molecule has 1 atom stereocenters. The minimum atomic E-state index is -0.214. The summed E-state index contributed by atoms with van der Waals surface area (Å²) in [6.07, 6.45) is 1.67. The SMILES string of the molecule is COC(=O)[C@@H]1CCc2ccc(O)cc21. The van der Waals surface area contributed by atoms with Gasteiger partial charge >= 0.3 is 5.97 Å². The van der Waals surface area contributed by atoms with Crippen LogP contribution in [0.5, 0.6) is 5.75 Å². The van der Waals surface area contributed by atoms with Crippen LogP contribution in [0.4, 0.5) is 0 Å². The summed E-state index contributed by atoms with van der Waals surface area (Å²) in [5, 5.41) is 9.32. The van der Waals surface area contributed by atoms with Crippen molar-refractivity contribution < 1.29 is 14.6 Å². The van der Waals surface area contributed by atoms with E-state index in [9.17, 15) is 9.90 Å². The Balaban J connectivity index is 2.38. The number of fused-ring (bicyclic) bond motifs is 1. The van der Waals surface area contributed by atoms with Crippen LogP contribution in [-0.2, 0) is 16.0 Å². The standard InChI is InChI=1S/C11H12O3/c1-14-11(13)9-5-3-7-2-4-8(12)6-10(7)9/h2,4,6,9,12H,3,5H2,1H3/t9-/m1/s1. The topological polar surface area (TPSA) is 46.5 Å². The molecule has 0 saturated carbocycles. The number of aromatic hydroxyl groups is 1. The highest BCUT2D eigenvalue weighted by Gasteiger charge is 2.29. The molecule has 14 heavy (non-hydrogen) atoms. The van der Waals surface area contributed by atoms with Crippen molar-refractivity contribution in [3.8, 4) is 5.75 Å². The van der Waals surface area contributed by atoms with E-state index in [-0.39, 0.29) is 17.6 Å². The molecule has 0 spiro atoms. The van der Waals surface area contributed by atoms with Crippen molar-refractivity contribution in [2.45, 2.75) is 18.8 Å². The summed E-state index contributed by atoms with van der Waals surface area (Å²) in [5.74, 6) is -0.198. The molecule has 3 nitrogen and oxygen atoms in total. The zero-order valence-electron chi connectivity index (χ0n) is 7.99. The number of hydrogen-bond acceptors (Lipinski definition) is 3. The Morgan fingerprint density at radius 1 is 1.57 bits per heavy atom. The number of methoxy groups -OCH3 is 1. The lowest BCUT2D eigenvalue weighted by molar-refractivity contribution is -0.142. The third-order valence-electron chi connectivity index (χ3n) is 2.69. The maximum Gasteiger partial charge on any atom is 0.313 e. The van der Waals surface area contributed by atoms with Gasteiger partial charge in [0, 0.05) is 0 Å². The van der Waals surface area contributed by atoms with E-state index >= 15 is 0 Å². The van der Waals surface area contributed by atoms with Gasteiger partial charge in [-0.05, 0) is 36.1 Å². The van der Waals surface area contributed by atoms with Crippen molar-refractivity contribution >= 4 is 5.97 Å². The van der Waals surface area contributed by atoms with Crippen molar-refractivity contribution in [3.05, 3.63) is 29.3 Å². The molecule has 74 valence electrons. The van der Waals surface area contributed by atoms with Crippen molar-refractivity contribution in [2.24, 2.45) is 0 Å². The van der Waals surface area contributed by atoms with Crippen LogP contribution in [0.2, 0.25) is 0 Å². The van der Waals surface area contributed by atoms with Gasteiger partial charge in [0.2, 0.25) is 0 Å². The summed E-state index contributed by atoms with van der Waals surface area (Å²) in [6, 6.07) is 5.18. The molecule has 0 aliphatic heterocycles. The van der Waals surface area contributed by atoms with E-state index in [1.165, 1.54) is 7.11 Å². The molecule has 3 heteroatoms. The molecular formula is C11H12O3. The molecule has 0 aromatic heterocycles. The molecule has 0 fully saturated rings. The number of phenols is 1. The average molecular weight is 192 g/mol.